The zero-order chi connectivity index (χ0) is 21.4. The molecule has 0 saturated carbocycles. The van der Waals surface area contributed by atoms with Crippen molar-refractivity contribution in [1.82, 2.24) is 0 Å². The highest BCUT2D eigenvalue weighted by molar-refractivity contribution is 5.49. The van der Waals surface area contributed by atoms with Crippen LogP contribution in [0, 0.1) is 0 Å². The zero-order valence-corrected chi connectivity index (χ0v) is 16.8. The molecule has 0 unspecified atom stereocenters. The van der Waals surface area contributed by atoms with Gasteiger partial charge in [0.1, 0.15) is 46.2 Å². The van der Waals surface area contributed by atoms with E-state index in [0.29, 0.717) is 40.3 Å². The molecule has 6 nitrogen and oxygen atoms in total. The molecular weight excluding hydrogens is 408 g/mol. The molecule has 0 saturated heterocycles. The maximum atomic E-state index is 6.53. The lowest BCUT2D eigenvalue weighted by atomic mass is 9.77. The van der Waals surface area contributed by atoms with E-state index in [4.69, 9.17) is 26.5 Å². The van der Waals surface area contributed by atoms with Gasteiger partial charge < -0.3 is 26.5 Å². The van der Waals surface area contributed by atoms with E-state index in [9.17, 15) is 0 Å². The van der Waals surface area contributed by atoms with Crippen LogP contribution in [0.4, 0.5) is 0 Å². The van der Waals surface area contributed by atoms with Crippen LogP contribution in [0.5, 0.6) is 0 Å². The second-order valence-electron chi connectivity index (χ2n) is 7.35. The van der Waals surface area contributed by atoms with Crippen LogP contribution in [-0.2, 0) is 5.41 Å². The van der Waals surface area contributed by atoms with Crippen LogP contribution >= 0.6 is 0 Å². The minimum atomic E-state index is -1.05. The second-order valence-corrected chi connectivity index (χ2v) is 7.35. The molecule has 0 bridgehead atoms. The maximum Gasteiger partial charge on any atom is 0.200 e. The summed E-state index contributed by atoms with van der Waals surface area (Å²) in [6.45, 7) is 0. The Morgan fingerprint density at radius 2 is 0.906 bits per heavy atom. The van der Waals surface area contributed by atoms with Crippen LogP contribution in [0.2, 0.25) is 0 Å². The van der Waals surface area contributed by atoms with E-state index in [1.807, 2.05) is 72.8 Å². The highest BCUT2D eigenvalue weighted by Crippen LogP contribution is 2.47. The SMILES string of the molecule is c1coc(C(c2ccco2)c2ccc(C(c3ccco3)(c3ccco3)c3ccco3)o2)c1. The number of rotatable bonds is 7. The third-order valence-electron chi connectivity index (χ3n) is 5.61. The van der Waals surface area contributed by atoms with Gasteiger partial charge in [-0.05, 0) is 72.8 Å². The summed E-state index contributed by atoms with van der Waals surface area (Å²) in [6, 6.07) is 22.4. The first kappa shape index (κ1) is 18.4. The summed E-state index contributed by atoms with van der Waals surface area (Å²) >= 11 is 0. The van der Waals surface area contributed by atoms with Crippen LogP contribution in [0.15, 0.2) is 131 Å². The lowest BCUT2D eigenvalue weighted by molar-refractivity contribution is 0.301. The number of hydrogen-bond acceptors (Lipinski definition) is 6. The molecule has 0 aliphatic rings. The second kappa shape index (κ2) is 7.42. The van der Waals surface area contributed by atoms with Gasteiger partial charge in [0, 0.05) is 0 Å². The fourth-order valence-corrected chi connectivity index (χ4v) is 4.25. The molecule has 0 fully saturated rings. The minimum absolute atomic E-state index is 0.351. The largest absolute Gasteiger partial charge is 0.468 e. The zero-order valence-electron chi connectivity index (χ0n) is 16.8. The lowest BCUT2D eigenvalue weighted by Crippen LogP contribution is -2.29. The van der Waals surface area contributed by atoms with Crippen LogP contribution < -0.4 is 0 Å². The van der Waals surface area contributed by atoms with E-state index < -0.39 is 5.41 Å². The van der Waals surface area contributed by atoms with Crippen molar-refractivity contribution in [2.45, 2.75) is 11.3 Å². The molecule has 0 atom stereocenters. The molecule has 6 heterocycles. The Kier molecular flexibility index (Phi) is 4.28. The minimum Gasteiger partial charge on any atom is -0.468 e. The molecule has 6 rings (SSSR count). The lowest BCUT2D eigenvalue weighted by Gasteiger charge is -2.26. The monoisotopic (exact) mass is 426 g/mol. The summed E-state index contributed by atoms with van der Waals surface area (Å²) in [6.07, 6.45) is 8.12. The van der Waals surface area contributed by atoms with Crippen molar-refractivity contribution in [3.05, 3.63) is 144 Å². The molecule has 0 aliphatic heterocycles. The Morgan fingerprint density at radius 3 is 1.31 bits per heavy atom. The first-order valence-corrected chi connectivity index (χ1v) is 10.2. The molecule has 6 aromatic rings. The van der Waals surface area contributed by atoms with Gasteiger partial charge in [0.05, 0.1) is 31.3 Å². The normalized spacial score (nSPS) is 12.0. The predicted molar refractivity (Wildman–Crippen MR) is 112 cm³/mol. The molecule has 0 amide bonds. The average molecular weight is 426 g/mol. The van der Waals surface area contributed by atoms with Crippen molar-refractivity contribution in [2.75, 3.05) is 0 Å². The fourth-order valence-electron chi connectivity index (χ4n) is 4.25. The molecule has 0 N–H and O–H groups in total. The van der Waals surface area contributed by atoms with E-state index in [2.05, 4.69) is 0 Å². The molecule has 0 aromatic carbocycles. The number of hydrogen-bond donors (Lipinski definition) is 0. The first-order valence-electron chi connectivity index (χ1n) is 10.2. The standard InChI is InChI=1S/C26H18O6/c1-6-18(27-13-1)25(19-7-2-14-28-19)20-11-12-24(32-20)26(21-8-3-15-29-21,22-9-4-16-30-22)23-10-5-17-31-23/h1-17,25H. The van der Waals surface area contributed by atoms with Crippen LogP contribution in [0.1, 0.15) is 46.2 Å². The van der Waals surface area contributed by atoms with E-state index in [1.54, 1.807) is 31.3 Å². The quantitative estimate of drug-likeness (QED) is 0.279. The Morgan fingerprint density at radius 1 is 0.438 bits per heavy atom. The molecule has 6 aromatic heterocycles. The molecule has 0 radical (unpaired) electrons. The van der Waals surface area contributed by atoms with Gasteiger partial charge >= 0.3 is 0 Å². The van der Waals surface area contributed by atoms with Gasteiger partial charge in [-0.25, -0.2) is 0 Å². The molecule has 0 aliphatic carbocycles. The van der Waals surface area contributed by atoms with Crippen molar-refractivity contribution in [1.29, 1.82) is 0 Å². The van der Waals surface area contributed by atoms with Gasteiger partial charge in [0.15, 0.2) is 0 Å². The van der Waals surface area contributed by atoms with Crippen LogP contribution in [-0.4, -0.2) is 0 Å². The van der Waals surface area contributed by atoms with Gasteiger partial charge in [-0.1, -0.05) is 0 Å². The van der Waals surface area contributed by atoms with Crippen LogP contribution in [0.25, 0.3) is 0 Å². The molecule has 32 heavy (non-hydrogen) atoms. The van der Waals surface area contributed by atoms with Gasteiger partial charge in [-0.3, -0.25) is 0 Å². The Labute approximate surface area is 182 Å². The molecule has 0 spiro atoms. The maximum absolute atomic E-state index is 6.53. The highest BCUT2D eigenvalue weighted by atomic mass is 16.4. The third-order valence-corrected chi connectivity index (χ3v) is 5.61. The van der Waals surface area contributed by atoms with Gasteiger partial charge in [0.25, 0.3) is 0 Å². The van der Waals surface area contributed by atoms with Gasteiger partial charge in [-0.2, -0.15) is 0 Å². The van der Waals surface area contributed by atoms with E-state index in [1.165, 1.54) is 0 Å². The average Bonchev–Trinajstić information content (AvgIpc) is 3.67. The number of furan rings is 6. The topological polar surface area (TPSA) is 78.8 Å². The van der Waals surface area contributed by atoms with Crippen molar-refractivity contribution < 1.29 is 26.5 Å². The summed E-state index contributed by atoms with van der Waals surface area (Å²) < 4.78 is 35.6. The summed E-state index contributed by atoms with van der Waals surface area (Å²) in [7, 11) is 0. The summed E-state index contributed by atoms with van der Waals surface area (Å²) in [5.74, 6) is 4.12. The molecule has 158 valence electrons. The van der Waals surface area contributed by atoms with E-state index in [-0.39, 0.29) is 5.92 Å². The van der Waals surface area contributed by atoms with Gasteiger partial charge in [-0.15, -0.1) is 0 Å². The highest BCUT2D eigenvalue weighted by Gasteiger charge is 2.49. The van der Waals surface area contributed by atoms with E-state index in [0.717, 1.165) is 0 Å². The summed E-state index contributed by atoms with van der Waals surface area (Å²) in [5, 5.41) is 0. The van der Waals surface area contributed by atoms with Crippen molar-refractivity contribution >= 4 is 0 Å². The van der Waals surface area contributed by atoms with Crippen molar-refractivity contribution in [2.24, 2.45) is 0 Å². The van der Waals surface area contributed by atoms with Gasteiger partial charge in [0.2, 0.25) is 5.41 Å². The van der Waals surface area contributed by atoms with E-state index >= 15 is 0 Å². The summed E-state index contributed by atoms with van der Waals surface area (Å²) in [4.78, 5) is 0. The first-order chi connectivity index (χ1) is 15.9. The van der Waals surface area contributed by atoms with Crippen LogP contribution in [0.3, 0.4) is 0 Å². The predicted octanol–water partition coefficient (Wildman–Crippen LogP) is 6.81. The smallest absolute Gasteiger partial charge is 0.200 e. The molecular formula is C26H18O6. The Hall–Kier alpha value is -4.32. The third kappa shape index (κ3) is 2.73. The van der Waals surface area contributed by atoms with Crippen molar-refractivity contribution in [3.8, 4) is 0 Å². The Bertz CT molecular complexity index is 1230. The Balaban J connectivity index is 1.58. The fraction of sp³-hybridized carbons (Fsp3) is 0.0769. The molecule has 6 heteroatoms. The summed E-state index contributed by atoms with van der Waals surface area (Å²) in [5.41, 5.74) is -1.05. The van der Waals surface area contributed by atoms with Crippen molar-refractivity contribution in [3.63, 3.8) is 0 Å².